The van der Waals surface area contributed by atoms with E-state index in [0.29, 0.717) is 18.9 Å². The number of carboxylic acids is 1. The number of hydrogen-bond acceptors (Lipinski definition) is 3. The molecule has 1 aromatic rings. The fraction of sp³-hybridized carbons (Fsp3) is 0.562. The predicted molar refractivity (Wildman–Crippen MR) is 78.0 cm³/mol. The van der Waals surface area contributed by atoms with Gasteiger partial charge in [-0.1, -0.05) is 19.1 Å². The van der Waals surface area contributed by atoms with Gasteiger partial charge in [-0.2, -0.15) is 8.78 Å². The van der Waals surface area contributed by atoms with E-state index in [1.54, 1.807) is 12.1 Å². The molecule has 0 amide bonds. The van der Waals surface area contributed by atoms with Crippen LogP contribution in [0.15, 0.2) is 24.3 Å². The number of nitrogens with zero attached hydrogens (tertiary/aromatic N) is 1. The van der Waals surface area contributed by atoms with Gasteiger partial charge < -0.3 is 9.84 Å². The normalized spacial score (nSPS) is 24.2. The Balaban J connectivity index is 2.06. The molecular formula is C16H21F2NO3. The monoisotopic (exact) mass is 313 g/mol. The second kappa shape index (κ2) is 7.05. The van der Waals surface area contributed by atoms with Gasteiger partial charge in [-0.3, -0.25) is 9.69 Å². The third-order valence-electron chi connectivity index (χ3n) is 4.17. The van der Waals surface area contributed by atoms with Crippen molar-refractivity contribution in [3.63, 3.8) is 0 Å². The van der Waals surface area contributed by atoms with Crippen LogP contribution < -0.4 is 4.74 Å². The number of benzene rings is 1. The van der Waals surface area contributed by atoms with E-state index in [0.717, 1.165) is 12.1 Å². The van der Waals surface area contributed by atoms with Gasteiger partial charge in [-0.05, 0) is 37.0 Å². The Morgan fingerprint density at radius 2 is 1.95 bits per heavy atom. The first-order valence-electron chi connectivity index (χ1n) is 7.38. The molecule has 2 rings (SSSR count). The first-order valence-corrected chi connectivity index (χ1v) is 7.38. The SMILES string of the molecule is CC1CC(C(=O)O)CN(C(C)c2ccc(OC(F)F)cc2)C1. The Kier molecular flexibility index (Phi) is 5.34. The number of aliphatic carboxylic acids is 1. The van der Waals surface area contributed by atoms with E-state index in [1.807, 2.05) is 13.8 Å². The van der Waals surface area contributed by atoms with Gasteiger partial charge in [-0.25, -0.2) is 0 Å². The standard InChI is InChI=1S/C16H21F2NO3/c1-10-7-13(15(20)21)9-19(8-10)11(2)12-3-5-14(6-4-12)22-16(17)18/h3-6,10-11,13,16H,7-9H2,1-2H3,(H,20,21). The summed E-state index contributed by atoms with van der Waals surface area (Å²) in [5.74, 6) is -0.669. The molecule has 0 aliphatic carbocycles. The van der Waals surface area contributed by atoms with Crippen molar-refractivity contribution >= 4 is 5.97 Å². The maximum Gasteiger partial charge on any atom is 0.387 e. The van der Waals surface area contributed by atoms with Gasteiger partial charge in [0.2, 0.25) is 0 Å². The van der Waals surface area contributed by atoms with Crippen LogP contribution in [0.5, 0.6) is 5.75 Å². The molecule has 6 heteroatoms. The number of likely N-dealkylation sites (tertiary alicyclic amines) is 1. The lowest BCUT2D eigenvalue weighted by atomic mass is 9.89. The number of carboxylic acid groups (broad SMARTS) is 1. The van der Waals surface area contributed by atoms with Crippen molar-refractivity contribution < 1.29 is 23.4 Å². The minimum Gasteiger partial charge on any atom is -0.481 e. The van der Waals surface area contributed by atoms with Crippen LogP contribution in [0.2, 0.25) is 0 Å². The predicted octanol–water partition coefficient (Wildman–Crippen LogP) is 3.39. The molecule has 122 valence electrons. The molecule has 0 spiro atoms. The molecule has 1 N–H and O–H groups in total. The molecule has 0 saturated carbocycles. The van der Waals surface area contributed by atoms with Crippen LogP contribution in [-0.2, 0) is 4.79 Å². The number of piperidine rings is 1. The Morgan fingerprint density at radius 3 is 2.50 bits per heavy atom. The highest BCUT2D eigenvalue weighted by atomic mass is 19.3. The molecular weight excluding hydrogens is 292 g/mol. The van der Waals surface area contributed by atoms with Gasteiger partial charge >= 0.3 is 12.6 Å². The number of alkyl halides is 2. The summed E-state index contributed by atoms with van der Waals surface area (Å²) >= 11 is 0. The van der Waals surface area contributed by atoms with Crippen molar-refractivity contribution in [1.82, 2.24) is 4.90 Å². The first-order chi connectivity index (χ1) is 10.4. The fourth-order valence-corrected chi connectivity index (χ4v) is 3.03. The van der Waals surface area contributed by atoms with Crippen molar-refractivity contribution in [2.75, 3.05) is 13.1 Å². The third-order valence-corrected chi connectivity index (χ3v) is 4.17. The number of carbonyl (C=O) groups is 1. The van der Waals surface area contributed by atoms with E-state index in [9.17, 15) is 18.7 Å². The summed E-state index contributed by atoms with van der Waals surface area (Å²) in [4.78, 5) is 13.4. The molecule has 22 heavy (non-hydrogen) atoms. The molecule has 1 aliphatic rings. The maximum absolute atomic E-state index is 12.1. The van der Waals surface area contributed by atoms with E-state index in [4.69, 9.17) is 0 Å². The largest absolute Gasteiger partial charge is 0.481 e. The third kappa shape index (κ3) is 4.16. The summed E-state index contributed by atoms with van der Waals surface area (Å²) in [7, 11) is 0. The highest BCUT2D eigenvalue weighted by Crippen LogP contribution is 2.30. The molecule has 1 aliphatic heterocycles. The molecule has 0 radical (unpaired) electrons. The Labute approximate surface area is 128 Å². The maximum atomic E-state index is 12.1. The van der Waals surface area contributed by atoms with Gasteiger partial charge in [0.15, 0.2) is 0 Å². The van der Waals surface area contributed by atoms with Crippen molar-refractivity contribution in [2.45, 2.75) is 32.9 Å². The Bertz CT molecular complexity index is 507. The summed E-state index contributed by atoms with van der Waals surface area (Å²) in [5.41, 5.74) is 0.958. The molecule has 0 aromatic heterocycles. The molecule has 3 unspecified atom stereocenters. The van der Waals surface area contributed by atoms with Gasteiger partial charge in [-0.15, -0.1) is 0 Å². The summed E-state index contributed by atoms with van der Waals surface area (Å²) in [6.45, 7) is 2.56. The van der Waals surface area contributed by atoms with Crippen LogP contribution in [0.25, 0.3) is 0 Å². The second-order valence-corrected chi connectivity index (χ2v) is 5.95. The molecule has 1 fully saturated rings. The second-order valence-electron chi connectivity index (χ2n) is 5.95. The lowest BCUT2D eigenvalue weighted by molar-refractivity contribution is -0.144. The lowest BCUT2D eigenvalue weighted by Crippen LogP contribution is -2.43. The van der Waals surface area contributed by atoms with Gasteiger partial charge in [0.1, 0.15) is 5.75 Å². The summed E-state index contributed by atoms with van der Waals surface area (Å²) in [6.07, 6.45) is 0.694. The average Bonchev–Trinajstić information content (AvgIpc) is 2.46. The van der Waals surface area contributed by atoms with E-state index >= 15 is 0 Å². The average molecular weight is 313 g/mol. The van der Waals surface area contributed by atoms with E-state index in [1.165, 1.54) is 12.1 Å². The van der Waals surface area contributed by atoms with Crippen molar-refractivity contribution in [3.05, 3.63) is 29.8 Å². The number of ether oxygens (including phenoxy) is 1. The molecule has 0 bridgehead atoms. The number of rotatable bonds is 5. The van der Waals surface area contributed by atoms with Crippen LogP contribution >= 0.6 is 0 Å². The van der Waals surface area contributed by atoms with Crippen molar-refractivity contribution in [1.29, 1.82) is 0 Å². The van der Waals surface area contributed by atoms with Crippen molar-refractivity contribution in [3.8, 4) is 5.75 Å². The number of halogens is 2. The van der Waals surface area contributed by atoms with Crippen LogP contribution in [0.1, 0.15) is 31.9 Å². The van der Waals surface area contributed by atoms with Crippen LogP contribution in [-0.4, -0.2) is 35.7 Å². The van der Waals surface area contributed by atoms with Crippen LogP contribution in [0.3, 0.4) is 0 Å². The molecule has 1 heterocycles. The summed E-state index contributed by atoms with van der Waals surface area (Å²) in [6, 6.07) is 6.56. The van der Waals surface area contributed by atoms with Gasteiger partial charge in [0.25, 0.3) is 0 Å². The smallest absolute Gasteiger partial charge is 0.387 e. The Hall–Kier alpha value is -1.69. The zero-order chi connectivity index (χ0) is 16.3. The van der Waals surface area contributed by atoms with Crippen LogP contribution in [0, 0.1) is 11.8 Å². The minimum absolute atomic E-state index is 0.0326. The first kappa shape index (κ1) is 16.7. The molecule has 4 nitrogen and oxygen atoms in total. The van der Waals surface area contributed by atoms with E-state index < -0.39 is 12.6 Å². The fourth-order valence-electron chi connectivity index (χ4n) is 3.03. The topological polar surface area (TPSA) is 49.8 Å². The quantitative estimate of drug-likeness (QED) is 0.905. The zero-order valence-corrected chi connectivity index (χ0v) is 12.7. The van der Waals surface area contributed by atoms with E-state index in [2.05, 4.69) is 9.64 Å². The Morgan fingerprint density at radius 1 is 1.32 bits per heavy atom. The summed E-state index contributed by atoms with van der Waals surface area (Å²) in [5, 5.41) is 9.23. The minimum atomic E-state index is -2.83. The molecule has 3 atom stereocenters. The van der Waals surface area contributed by atoms with Crippen molar-refractivity contribution in [2.24, 2.45) is 11.8 Å². The van der Waals surface area contributed by atoms with Gasteiger partial charge in [0, 0.05) is 19.1 Å². The number of hydrogen-bond donors (Lipinski definition) is 1. The van der Waals surface area contributed by atoms with Gasteiger partial charge in [0.05, 0.1) is 5.92 Å². The highest BCUT2D eigenvalue weighted by molar-refractivity contribution is 5.70. The summed E-state index contributed by atoms with van der Waals surface area (Å²) < 4.78 is 28.6. The van der Waals surface area contributed by atoms with E-state index in [-0.39, 0.29) is 17.7 Å². The highest BCUT2D eigenvalue weighted by Gasteiger charge is 2.31. The molecule has 1 saturated heterocycles. The molecule has 1 aromatic carbocycles. The van der Waals surface area contributed by atoms with Crippen LogP contribution in [0.4, 0.5) is 8.78 Å². The lowest BCUT2D eigenvalue weighted by Gasteiger charge is -2.38. The zero-order valence-electron chi connectivity index (χ0n) is 12.7.